The van der Waals surface area contributed by atoms with Crippen LogP contribution in [0.3, 0.4) is 0 Å². The fraction of sp³-hybridized carbons (Fsp3) is 0.357. The van der Waals surface area contributed by atoms with E-state index in [4.69, 9.17) is 16.3 Å². The molecule has 0 radical (unpaired) electrons. The molecule has 0 saturated heterocycles. The van der Waals surface area contributed by atoms with E-state index in [1.54, 1.807) is 0 Å². The summed E-state index contributed by atoms with van der Waals surface area (Å²) in [6.07, 6.45) is 2.02. The molecule has 0 aliphatic rings. The first-order valence-corrected chi connectivity index (χ1v) is 6.37. The molecular formula is C14H17ClN2O. The van der Waals surface area contributed by atoms with Crippen molar-refractivity contribution in [1.29, 1.82) is 0 Å². The van der Waals surface area contributed by atoms with Gasteiger partial charge in [0.1, 0.15) is 18.2 Å². The minimum absolute atomic E-state index is 0.409. The van der Waals surface area contributed by atoms with Gasteiger partial charge in [0.15, 0.2) is 0 Å². The van der Waals surface area contributed by atoms with Crippen LogP contribution in [0.15, 0.2) is 30.5 Å². The predicted molar refractivity (Wildman–Crippen MR) is 73.1 cm³/mol. The van der Waals surface area contributed by atoms with Crippen molar-refractivity contribution in [3.8, 4) is 5.75 Å². The Morgan fingerprint density at radius 2 is 2.06 bits per heavy atom. The number of rotatable bonds is 4. The molecule has 1 heterocycles. The highest BCUT2D eigenvalue weighted by molar-refractivity contribution is 6.32. The zero-order valence-electron chi connectivity index (χ0n) is 10.9. The number of ether oxygens (including phenoxy) is 1. The summed E-state index contributed by atoms with van der Waals surface area (Å²) in [5, 5.41) is 0.623. The van der Waals surface area contributed by atoms with E-state index in [-0.39, 0.29) is 0 Å². The SMILES string of the molecule is Cc1nc(COc2ccccc2Cl)cn1C(C)C. The molecule has 0 unspecified atom stereocenters. The average molecular weight is 265 g/mol. The van der Waals surface area contributed by atoms with Crippen LogP contribution < -0.4 is 4.74 Å². The van der Waals surface area contributed by atoms with Gasteiger partial charge in [-0.1, -0.05) is 23.7 Å². The second-order valence-electron chi connectivity index (χ2n) is 4.50. The Morgan fingerprint density at radius 1 is 1.33 bits per heavy atom. The molecule has 2 aromatic rings. The van der Waals surface area contributed by atoms with Gasteiger partial charge >= 0.3 is 0 Å². The molecule has 2 rings (SSSR count). The number of aryl methyl sites for hydroxylation is 1. The van der Waals surface area contributed by atoms with Gasteiger partial charge in [0.05, 0.1) is 10.7 Å². The normalized spacial score (nSPS) is 10.9. The van der Waals surface area contributed by atoms with E-state index in [1.165, 1.54) is 0 Å². The molecular weight excluding hydrogens is 248 g/mol. The van der Waals surface area contributed by atoms with Crippen LogP contribution in [0.1, 0.15) is 31.4 Å². The van der Waals surface area contributed by atoms with E-state index in [1.807, 2.05) is 37.4 Å². The van der Waals surface area contributed by atoms with E-state index in [0.717, 1.165) is 11.5 Å². The fourth-order valence-corrected chi connectivity index (χ4v) is 2.04. The first-order valence-electron chi connectivity index (χ1n) is 5.99. The number of benzene rings is 1. The minimum atomic E-state index is 0.409. The highest BCUT2D eigenvalue weighted by Crippen LogP contribution is 2.24. The summed E-state index contributed by atoms with van der Waals surface area (Å²) in [7, 11) is 0. The third kappa shape index (κ3) is 2.85. The molecule has 1 aromatic carbocycles. The lowest BCUT2D eigenvalue weighted by Crippen LogP contribution is -2.00. The number of hydrogen-bond donors (Lipinski definition) is 0. The van der Waals surface area contributed by atoms with Crippen LogP contribution in [0.4, 0.5) is 0 Å². The van der Waals surface area contributed by atoms with E-state index < -0.39 is 0 Å². The Bertz CT molecular complexity index is 534. The Labute approximate surface area is 112 Å². The van der Waals surface area contributed by atoms with Gasteiger partial charge in [-0.05, 0) is 32.9 Å². The summed E-state index contributed by atoms with van der Waals surface area (Å²) in [6.45, 7) is 6.70. The molecule has 0 bridgehead atoms. The van der Waals surface area contributed by atoms with Gasteiger partial charge in [-0.3, -0.25) is 0 Å². The third-order valence-corrected chi connectivity index (χ3v) is 3.05. The van der Waals surface area contributed by atoms with Crippen molar-refractivity contribution in [2.45, 2.75) is 33.4 Å². The number of nitrogens with zero attached hydrogens (tertiary/aromatic N) is 2. The van der Waals surface area contributed by atoms with Crippen LogP contribution in [-0.4, -0.2) is 9.55 Å². The highest BCUT2D eigenvalue weighted by atomic mass is 35.5. The smallest absolute Gasteiger partial charge is 0.138 e. The molecule has 0 aliphatic heterocycles. The number of halogens is 1. The fourth-order valence-electron chi connectivity index (χ4n) is 1.85. The van der Waals surface area contributed by atoms with E-state index in [2.05, 4.69) is 23.4 Å². The molecule has 3 nitrogen and oxygen atoms in total. The molecule has 18 heavy (non-hydrogen) atoms. The summed E-state index contributed by atoms with van der Waals surface area (Å²) in [4.78, 5) is 4.47. The predicted octanol–water partition coefficient (Wildman–Crippen LogP) is 4.00. The van der Waals surface area contributed by atoms with Crippen molar-refractivity contribution in [2.75, 3.05) is 0 Å². The number of hydrogen-bond acceptors (Lipinski definition) is 2. The van der Waals surface area contributed by atoms with Crippen LogP contribution in [0.5, 0.6) is 5.75 Å². The minimum Gasteiger partial charge on any atom is -0.486 e. The van der Waals surface area contributed by atoms with Gasteiger partial charge in [0.2, 0.25) is 0 Å². The summed E-state index contributed by atoms with van der Waals surface area (Å²) >= 11 is 6.03. The van der Waals surface area contributed by atoms with Gasteiger partial charge in [0.25, 0.3) is 0 Å². The second kappa shape index (κ2) is 5.44. The molecule has 96 valence electrons. The van der Waals surface area contributed by atoms with Crippen LogP contribution in [0.2, 0.25) is 5.02 Å². The molecule has 0 aliphatic carbocycles. The molecule has 0 spiro atoms. The summed E-state index contributed by atoms with van der Waals surface area (Å²) in [5.74, 6) is 1.69. The maximum absolute atomic E-state index is 6.03. The van der Waals surface area contributed by atoms with Gasteiger partial charge in [-0.15, -0.1) is 0 Å². The topological polar surface area (TPSA) is 27.1 Å². The van der Waals surface area contributed by atoms with Gasteiger partial charge in [-0.25, -0.2) is 4.98 Å². The molecule has 0 amide bonds. The number of imidazole rings is 1. The molecule has 0 saturated carbocycles. The Morgan fingerprint density at radius 3 is 2.67 bits per heavy atom. The number of aromatic nitrogens is 2. The van der Waals surface area contributed by atoms with Crippen LogP contribution >= 0.6 is 11.6 Å². The van der Waals surface area contributed by atoms with E-state index in [0.29, 0.717) is 23.4 Å². The number of para-hydroxylation sites is 1. The lowest BCUT2D eigenvalue weighted by atomic mass is 10.3. The first kappa shape index (κ1) is 13.0. The summed E-state index contributed by atoms with van der Waals surface area (Å²) in [6, 6.07) is 7.86. The van der Waals surface area contributed by atoms with Gasteiger partial charge < -0.3 is 9.30 Å². The van der Waals surface area contributed by atoms with Crippen LogP contribution in [0.25, 0.3) is 0 Å². The maximum atomic E-state index is 6.03. The lowest BCUT2D eigenvalue weighted by molar-refractivity contribution is 0.302. The van der Waals surface area contributed by atoms with Crippen LogP contribution in [-0.2, 0) is 6.61 Å². The monoisotopic (exact) mass is 264 g/mol. The van der Waals surface area contributed by atoms with E-state index >= 15 is 0 Å². The van der Waals surface area contributed by atoms with Crippen molar-refractivity contribution in [1.82, 2.24) is 9.55 Å². The Kier molecular flexibility index (Phi) is 3.92. The standard InChI is InChI=1S/C14H17ClN2O/c1-10(2)17-8-12(16-11(17)3)9-18-14-7-5-4-6-13(14)15/h4-8,10H,9H2,1-3H3. The quantitative estimate of drug-likeness (QED) is 0.834. The van der Waals surface area contributed by atoms with Gasteiger partial charge in [0, 0.05) is 12.2 Å². The summed E-state index contributed by atoms with van der Waals surface area (Å²) in [5.41, 5.74) is 0.918. The first-order chi connectivity index (χ1) is 8.58. The van der Waals surface area contributed by atoms with Crippen molar-refractivity contribution in [3.05, 3.63) is 47.0 Å². The average Bonchev–Trinajstić information content (AvgIpc) is 2.70. The second-order valence-corrected chi connectivity index (χ2v) is 4.91. The maximum Gasteiger partial charge on any atom is 0.138 e. The zero-order chi connectivity index (χ0) is 13.1. The molecule has 0 atom stereocenters. The van der Waals surface area contributed by atoms with Crippen molar-refractivity contribution in [2.24, 2.45) is 0 Å². The van der Waals surface area contributed by atoms with Crippen LogP contribution in [0, 0.1) is 6.92 Å². The Balaban J connectivity index is 2.07. The van der Waals surface area contributed by atoms with Gasteiger partial charge in [-0.2, -0.15) is 0 Å². The molecule has 0 fully saturated rings. The van der Waals surface area contributed by atoms with Crippen molar-refractivity contribution in [3.63, 3.8) is 0 Å². The highest BCUT2D eigenvalue weighted by Gasteiger charge is 2.08. The molecule has 0 N–H and O–H groups in total. The largest absolute Gasteiger partial charge is 0.486 e. The lowest BCUT2D eigenvalue weighted by Gasteiger charge is -2.07. The van der Waals surface area contributed by atoms with Crippen molar-refractivity contribution < 1.29 is 4.74 Å². The zero-order valence-corrected chi connectivity index (χ0v) is 11.6. The molecule has 4 heteroatoms. The molecule has 1 aromatic heterocycles. The third-order valence-electron chi connectivity index (χ3n) is 2.74. The van der Waals surface area contributed by atoms with E-state index in [9.17, 15) is 0 Å². The van der Waals surface area contributed by atoms with Crippen molar-refractivity contribution >= 4 is 11.6 Å². The Hall–Kier alpha value is -1.48. The summed E-state index contributed by atoms with van der Waals surface area (Å²) < 4.78 is 7.79.